The van der Waals surface area contributed by atoms with E-state index in [1.165, 1.54) is 28.8 Å². The first kappa shape index (κ1) is 25.5. The maximum Gasteiger partial charge on any atom is 0.242 e. The van der Waals surface area contributed by atoms with Crippen molar-refractivity contribution in [2.45, 2.75) is 45.0 Å². The van der Waals surface area contributed by atoms with Crippen LogP contribution in [0.1, 0.15) is 37.8 Å². The fourth-order valence-corrected chi connectivity index (χ4v) is 4.55. The standard InChI is InChI=1S/C23H27Cl2FN2O2S/c1-3-4-12-27-23(30)16(2)28(13-17-8-10-18(26)11-9-17)22(29)15-31-14-19-20(24)6-5-7-21(19)25/h5-11,16H,3-4,12-15H2,1-2H3,(H,27,30)/t16-/m0/s1. The summed E-state index contributed by atoms with van der Waals surface area (Å²) in [6.45, 7) is 4.54. The zero-order valence-corrected chi connectivity index (χ0v) is 20.0. The highest BCUT2D eigenvalue weighted by Crippen LogP contribution is 2.28. The Bertz CT molecular complexity index is 860. The molecule has 1 N–H and O–H groups in total. The first-order chi connectivity index (χ1) is 14.8. The van der Waals surface area contributed by atoms with Crippen molar-refractivity contribution >= 4 is 46.8 Å². The Morgan fingerprint density at radius 1 is 1.13 bits per heavy atom. The van der Waals surface area contributed by atoms with Gasteiger partial charge in [-0.05, 0) is 48.7 Å². The van der Waals surface area contributed by atoms with Crippen molar-refractivity contribution < 1.29 is 14.0 Å². The lowest BCUT2D eigenvalue weighted by atomic mass is 10.1. The summed E-state index contributed by atoms with van der Waals surface area (Å²) in [4.78, 5) is 27.1. The van der Waals surface area contributed by atoms with Gasteiger partial charge in [0.2, 0.25) is 11.8 Å². The van der Waals surface area contributed by atoms with Crippen molar-refractivity contribution in [1.29, 1.82) is 0 Å². The number of benzene rings is 2. The van der Waals surface area contributed by atoms with Crippen LogP contribution in [0.15, 0.2) is 42.5 Å². The molecule has 0 heterocycles. The number of nitrogens with one attached hydrogen (secondary N) is 1. The van der Waals surface area contributed by atoms with Gasteiger partial charge in [-0.1, -0.05) is 54.7 Å². The average molecular weight is 485 g/mol. The lowest BCUT2D eigenvalue weighted by Gasteiger charge is -2.29. The predicted molar refractivity (Wildman–Crippen MR) is 127 cm³/mol. The van der Waals surface area contributed by atoms with Crippen LogP contribution < -0.4 is 5.32 Å². The molecule has 0 aliphatic heterocycles. The number of hydrogen-bond donors (Lipinski definition) is 1. The number of thioether (sulfide) groups is 1. The van der Waals surface area contributed by atoms with Crippen LogP contribution in [0.4, 0.5) is 4.39 Å². The summed E-state index contributed by atoms with van der Waals surface area (Å²) in [6, 6.07) is 10.6. The molecule has 0 bridgehead atoms. The van der Waals surface area contributed by atoms with Crippen LogP contribution in [0.3, 0.4) is 0 Å². The Morgan fingerprint density at radius 2 is 1.77 bits per heavy atom. The molecule has 0 spiro atoms. The number of hydrogen-bond acceptors (Lipinski definition) is 3. The van der Waals surface area contributed by atoms with Crippen molar-refractivity contribution in [2.24, 2.45) is 0 Å². The molecule has 2 aromatic rings. The van der Waals surface area contributed by atoms with E-state index in [2.05, 4.69) is 5.32 Å². The first-order valence-electron chi connectivity index (χ1n) is 10.2. The first-order valence-corrected chi connectivity index (χ1v) is 12.1. The van der Waals surface area contributed by atoms with Gasteiger partial charge in [0.1, 0.15) is 11.9 Å². The zero-order chi connectivity index (χ0) is 22.8. The van der Waals surface area contributed by atoms with E-state index in [4.69, 9.17) is 23.2 Å². The molecule has 2 rings (SSSR count). The number of unbranched alkanes of at least 4 members (excludes halogenated alkanes) is 1. The summed E-state index contributed by atoms with van der Waals surface area (Å²) < 4.78 is 13.3. The molecule has 0 unspecified atom stereocenters. The van der Waals surface area contributed by atoms with Crippen molar-refractivity contribution in [1.82, 2.24) is 10.2 Å². The summed E-state index contributed by atoms with van der Waals surface area (Å²) in [5, 5.41) is 3.99. The van der Waals surface area contributed by atoms with E-state index in [0.29, 0.717) is 22.3 Å². The summed E-state index contributed by atoms with van der Waals surface area (Å²) in [6.07, 6.45) is 1.84. The minimum atomic E-state index is -0.654. The fraction of sp³-hybridized carbons (Fsp3) is 0.391. The lowest BCUT2D eigenvalue weighted by Crippen LogP contribution is -2.48. The van der Waals surface area contributed by atoms with Crippen LogP contribution >= 0.6 is 35.0 Å². The summed E-state index contributed by atoms with van der Waals surface area (Å²) in [5.41, 5.74) is 1.53. The minimum Gasteiger partial charge on any atom is -0.354 e. The van der Waals surface area contributed by atoms with E-state index >= 15 is 0 Å². The van der Waals surface area contributed by atoms with Gasteiger partial charge in [0.25, 0.3) is 0 Å². The van der Waals surface area contributed by atoms with Crippen molar-refractivity contribution in [2.75, 3.05) is 12.3 Å². The largest absolute Gasteiger partial charge is 0.354 e. The Kier molecular flexibility index (Phi) is 10.6. The molecule has 0 saturated carbocycles. The van der Waals surface area contributed by atoms with Gasteiger partial charge >= 0.3 is 0 Å². The smallest absolute Gasteiger partial charge is 0.242 e. The molecule has 1 atom stereocenters. The highest BCUT2D eigenvalue weighted by molar-refractivity contribution is 7.99. The third-order valence-electron chi connectivity index (χ3n) is 4.80. The SMILES string of the molecule is CCCCNC(=O)[C@H](C)N(Cc1ccc(F)cc1)C(=O)CSCc1c(Cl)cccc1Cl. The molecule has 168 valence electrons. The predicted octanol–water partition coefficient (Wildman–Crippen LogP) is 5.70. The number of amides is 2. The van der Waals surface area contributed by atoms with Crippen LogP contribution in [-0.2, 0) is 21.9 Å². The molecule has 31 heavy (non-hydrogen) atoms. The van der Waals surface area contributed by atoms with Crippen molar-refractivity contribution in [3.8, 4) is 0 Å². The lowest BCUT2D eigenvalue weighted by molar-refractivity contribution is -0.138. The molecule has 2 aromatic carbocycles. The molecule has 4 nitrogen and oxygen atoms in total. The third-order valence-corrected chi connectivity index (χ3v) is 6.45. The van der Waals surface area contributed by atoms with E-state index in [0.717, 1.165) is 24.0 Å². The molecular weight excluding hydrogens is 458 g/mol. The van der Waals surface area contributed by atoms with Crippen LogP contribution in [0.25, 0.3) is 0 Å². The van der Waals surface area contributed by atoms with Gasteiger partial charge in [-0.3, -0.25) is 9.59 Å². The fourth-order valence-electron chi connectivity index (χ4n) is 2.90. The van der Waals surface area contributed by atoms with Gasteiger partial charge in [0, 0.05) is 28.9 Å². The Labute approximate surface area is 197 Å². The van der Waals surface area contributed by atoms with Crippen LogP contribution in [-0.4, -0.2) is 35.1 Å². The molecule has 0 aromatic heterocycles. The summed E-state index contributed by atoms with van der Waals surface area (Å²) >= 11 is 13.8. The van der Waals surface area contributed by atoms with E-state index in [9.17, 15) is 14.0 Å². The number of carbonyl (C=O) groups is 2. The molecule has 0 saturated heterocycles. The zero-order valence-electron chi connectivity index (χ0n) is 17.7. The summed E-state index contributed by atoms with van der Waals surface area (Å²) in [5.74, 6) is -0.0982. The van der Waals surface area contributed by atoms with Gasteiger partial charge in [-0.15, -0.1) is 11.8 Å². The van der Waals surface area contributed by atoms with Gasteiger partial charge in [0.05, 0.1) is 5.75 Å². The van der Waals surface area contributed by atoms with E-state index < -0.39 is 6.04 Å². The third kappa shape index (κ3) is 8.02. The van der Waals surface area contributed by atoms with Gasteiger partial charge in [-0.25, -0.2) is 4.39 Å². The van der Waals surface area contributed by atoms with Crippen molar-refractivity contribution in [3.63, 3.8) is 0 Å². The molecule has 8 heteroatoms. The minimum absolute atomic E-state index is 0.162. The van der Waals surface area contributed by atoms with E-state index in [-0.39, 0.29) is 29.9 Å². The Morgan fingerprint density at radius 3 is 2.39 bits per heavy atom. The second-order valence-corrected chi connectivity index (χ2v) is 8.96. The topological polar surface area (TPSA) is 49.4 Å². The van der Waals surface area contributed by atoms with E-state index in [1.54, 1.807) is 37.3 Å². The molecule has 0 aliphatic rings. The highest BCUT2D eigenvalue weighted by Gasteiger charge is 2.26. The molecule has 0 radical (unpaired) electrons. The maximum absolute atomic E-state index is 13.3. The second-order valence-electron chi connectivity index (χ2n) is 7.16. The van der Waals surface area contributed by atoms with Crippen molar-refractivity contribution in [3.05, 3.63) is 69.5 Å². The van der Waals surface area contributed by atoms with Crippen LogP contribution in [0.5, 0.6) is 0 Å². The van der Waals surface area contributed by atoms with Gasteiger partial charge in [-0.2, -0.15) is 0 Å². The molecule has 0 fully saturated rings. The number of halogens is 3. The normalized spacial score (nSPS) is 11.8. The Hall–Kier alpha value is -1.76. The molecular formula is C23H27Cl2FN2O2S. The molecule has 0 aliphatic carbocycles. The average Bonchev–Trinajstić information content (AvgIpc) is 2.75. The number of carbonyl (C=O) groups excluding carboxylic acids is 2. The van der Waals surface area contributed by atoms with E-state index in [1.807, 2.05) is 6.92 Å². The Balaban J connectivity index is 2.07. The molecule has 2 amide bonds. The second kappa shape index (κ2) is 12.9. The van der Waals surface area contributed by atoms with Crippen LogP contribution in [0, 0.1) is 5.82 Å². The van der Waals surface area contributed by atoms with Gasteiger partial charge in [0.15, 0.2) is 0 Å². The monoisotopic (exact) mass is 484 g/mol. The number of nitrogens with zero attached hydrogens (tertiary/aromatic N) is 1. The number of rotatable bonds is 11. The maximum atomic E-state index is 13.3. The van der Waals surface area contributed by atoms with Gasteiger partial charge < -0.3 is 10.2 Å². The quantitative estimate of drug-likeness (QED) is 0.416. The highest BCUT2D eigenvalue weighted by atomic mass is 35.5. The summed E-state index contributed by atoms with van der Waals surface area (Å²) in [7, 11) is 0. The van der Waals surface area contributed by atoms with Crippen LogP contribution in [0.2, 0.25) is 10.0 Å².